The summed E-state index contributed by atoms with van der Waals surface area (Å²) in [4.78, 5) is 25.3. The van der Waals surface area contributed by atoms with Crippen LogP contribution < -0.4 is 16.4 Å². The molecule has 0 aromatic heterocycles. The van der Waals surface area contributed by atoms with Crippen LogP contribution >= 0.6 is 12.4 Å². The van der Waals surface area contributed by atoms with E-state index in [0.29, 0.717) is 11.8 Å². The number of anilines is 2. The fraction of sp³-hybridized carbons (Fsp3) is 0.652. The van der Waals surface area contributed by atoms with Gasteiger partial charge in [-0.1, -0.05) is 31.7 Å². The maximum atomic E-state index is 12.8. The summed E-state index contributed by atoms with van der Waals surface area (Å²) in [6, 6.07) is 7.81. The zero-order valence-corrected chi connectivity index (χ0v) is 17.9. The van der Waals surface area contributed by atoms with Gasteiger partial charge in [0.2, 0.25) is 11.8 Å². The summed E-state index contributed by atoms with van der Waals surface area (Å²) < 4.78 is 0. The molecule has 2 unspecified atom stereocenters. The average Bonchev–Trinajstić information content (AvgIpc) is 2.68. The Morgan fingerprint density at radius 3 is 1.93 bits per heavy atom. The molecule has 1 aromatic carbocycles. The first kappa shape index (κ1) is 22.1. The van der Waals surface area contributed by atoms with Crippen molar-refractivity contribution in [2.24, 2.45) is 29.4 Å². The molecule has 5 nitrogen and oxygen atoms in total. The Kier molecular flexibility index (Phi) is 7.58. The van der Waals surface area contributed by atoms with Gasteiger partial charge in [-0.05, 0) is 68.6 Å². The number of carbonyl (C=O) groups is 2. The Balaban J connectivity index is 0.00000240. The molecule has 0 spiro atoms. The Hall–Kier alpha value is -1.59. The summed E-state index contributed by atoms with van der Waals surface area (Å²) in [6.07, 6.45) is 10.8. The molecular formula is C23H34ClN3O2. The molecule has 4 rings (SSSR count). The number of hydrogen-bond donors (Lipinski definition) is 3. The van der Waals surface area contributed by atoms with E-state index >= 15 is 0 Å². The summed E-state index contributed by atoms with van der Waals surface area (Å²) in [7, 11) is 0. The first-order valence-corrected chi connectivity index (χ1v) is 11.1. The highest BCUT2D eigenvalue weighted by Gasteiger charge is 2.40. The molecule has 3 aliphatic carbocycles. The van der Waals surface area contributed by atoms with Gasteiger partial charge in [0.05, 0.1) is 0 Å². The maximum absolute atomic E-state index is 12.8. The highest BCUT2D eigenvalue weighted by atomic mass is 35.5. The Morgan fingerprint density at radius 1 is 0.793 bits per heavy atom. The Labute approximate surface area is 180 Å². The molecule has 0 radical (unpaired) electrons. The van der Waals surface area contributed by atoms with Gasteiger partial charge in [-0.3, -0.25) is 9.59 Å². The van der Waals surface area contributed by atoms with Crippen LogP contribution in [-0.4, -0.2) is 17.9 Å². The largest absolute Gasteiger partial charge is 0.327 e. The van der Waals surface area contributed by atoms with Crippen molar-refractivity contribution in [2.75, 3.05) is 10.6 Å². The van der Waals surface area contributed by atoms with Gasteiger partial charge in [-0.15, -0.1) is 12.4 Å². The summed E-state index contributed by atoms with van der Waals surface area (Å²) >= 11 is 0. The van der Waals surface area contributed by atoms with Crippen LogP contribution in [0.4, 0.5) is 11.4 Å². The van der Waals surface area contributed by atoms with Crippen molar-refractivity contribution in [1.82, 2.24) is 0 Å². The third-order valence-electron chi connectivity index (χ3n) is 7.16. The lowest BCUT2D eigenvalue weighted by molar-refractivity contribution is -0.122. The minimum Gasteiger partial charge on any atom is -0.327 e. The third-order valence-corrected chi connectivity index (χ3v) is 7.16. The molecule has 0 heterocycles. The van der Waals surface area contributed by atoms with Crippen LogP contribution in [0.5, 0.6) is 0 Å². The summed E-state index contributed by atoms with van der Waals surface area (Å²) in [5.74, 6) is 1.36. The molecule has 3 saturated carbocycles. The Bertz CT molecular complexity index is 706. The standard InChI is InChI=1S/C23H33N3O2.ClH/c24-21-16-8-4-9-17(21)13-18(12-16)23(28)26-20-11-5-10-19(14-20)25-22(27)15-6-2-1-3-7-15;/h5,10-11,14-18,21H,1-4,6-9,12-13,24H2,(H,25,27)(H,26,28);1H. The van der Waals surface area contributed by atoms with E-state index in [0.717, 1.165) is 62.7 Å². The van der Waals surface area contributed by atoms with E-state index in [2.05, 4.69) is 10.6 Å². The molecule has 29 heavy (non-hydrogen) atoms. The molecule has 2 atom stereocenters. The predicted molar refractivity (Wildman–Crippen MR) is 119 cm³/mol. The van der Waals surface area contributed by atoms with Crippen LogP contribution in [0.25, 0.3) is 0 Å². The van der Waals surface area contributed by atoms with Crippen LogP contribution in [0.1, 0.15) is 64.2 Å². The summed E-state index contributed by atoms with van der Waals surface area (Å²) in [5, 5.41) is 6.11. The van der Waals surface area contributed by atoms with Crippen molar-refractivity contribution in [3.05, 3.63) is 24.3 Å². The monoisotopic (exact) mass is 419 g/mol. The van der Waals surface area contributed by atoms with Gasteiger partial charge in [0.15, 0.2) is 0 Å². The van der Waals surface area contributed by atoms with Crippen molar-refractivity contribution >= 4 is 35.6 Å². The molecule has 1 aromatic rings. The number of rotatable bonds is 4. The zero-order chi connectivity index (χ0) is 19.5. The minimum atomic E-state index is 0. The molecule has 3 aliphatic rings. The number of amides is 2. The van der Waals surface area contributed by atoms with Crippen molar-refractivity contribution in [3.8, 4) is 0 Å². The van der Waals surface area contributed by atoms with Crippen LogP contribution in [0.2, 0.25) is 0 Å². The number of halogens is 1. The van der Waals surface area contributed by atoms with Gasteiger partial charge in [0.1, 0.15) is 0 Å². The smallest absolute Gasteiger partial charge is 0.227 e. The second kappa shape index (κ2) is 9.94. The Morgan fingerprint density at radius 2 is 1.34 bits per heavy atom. The lowest BCUT2D eigenvalue weighted by Crippen LogP contribution is -2.48. The minimum absolute atomic E-state index is 0. The van der Waals surface area contributed by atoms with Gasteiger partial charge >= 0.3 is 0 Å². The van der Waals surface area contributed by atoms with Crippen molar-refractivity contribution in [2.45, 2.75) is 70.3 Å². The number of nitrogens with two attached hydrogens (primary N) is 1. The number of nitrogens with one attached hydrogen (secondary N) is 2. The summed E-state index contributed by atoms with van der Waals surface area (Å²) in [6.45, 7) is 0. The first-order chi connectivity index (χ1) is 13.6. The lowest BCUT2D eigenvalue weighted by Gasteiger charge is -2.43. The molecule has 0 aliphatic heterocycles. The normalized spacial score (nSPS) is 29.4. The van der Waals surface area contributed by atoms with E-state index in [1.165, 1.54) is 12.8 Å². The van der Waals surface area contributed by atoms with Crippen LogP contribution in [0.3, 0.4) is 0 Å². The fourth-order valence-corrected chi connectivity index (χ4v) is 5.53. The SMILES string of the molecule is Cl.NC1C2CCCC1CC(C(=O)Nc1cccc(NC(=O)C3CCCCC3)c1)C2. The van der Waals surface area contributed by atoms with Crippen LogP contribution in [0.15, 0.2) is 24.3 Å². The first-order valence-electron chi connectivity index (χ1n) is 11.1. The highest BCUT2D eigenvalue weighted by molar-refractivity contribution is 5.95. The van der Waals surface area contributed by atoms with E-state index in [1.807, 2.05) is 24.3 Å². The van der Waals surface area contributed by atoms with E-state index in [9.17, 15) is 9.59 Å². The molecule has 2 amide bonds. The predicted octanol–water partition coefficient (Wildman–Crippen LogP) is 4.72. The zero-order valence-electron chi connectivity index (χ0n) is 17.1. The average molecular weight is 420 g/mol. The summed E-state index contributed by atoms with van der Waals surface area (Å²) in [5.41, 5.74) is 7.87. The van der Waals surface area contributed by atoms with Crippen molar-refractivity contribution in [3.63, 3.8) is 0 Å². The van der Waals surface area contributed by atoms with Crippen LogP contribution in [-0.2, 0) is 9.59 Å². The van der Waals surface area contributed by atoms with Gasteiger partial charge in [-0.25, -0.2) is 0 Å². The quantitative estimate of drug-likeness (QED) is 0.660. The number of carbonyl (C=O) groups excluding carboxylic acids is 2. The van der Waals surface area contributed by atoms with Crippen molar-refractivity contribution in [1.29, 1.82) is 0 Å². The van der Waals surface area contributed by atoms with Gasteiger partial charge in [0.25, 0.3) is 0 Å². The van der Waals surface area contributed by atoms with Gasteiger partial charge in [0, 0.05) is 29.3 Å². The second-order valence-corrected chi connectivity index (χ2v) is 9.09. The molecule has 3 fully saturated rings. The maximum Gasteiger partial charge on any atom is 0.227 e. The van der Waals surface area contributed by atoms with E-state index in [1.54, 1.807) is 0 Å². The molecule has 160 valence electrons. The molecule has 4 N–H and O–H groups in total. The molecular weight excluding hydrogens is 386 g/mol. The topological polar surface area (TPSA) is 84.2 Å². The fourth-order valence-electron chi connectivity index (χ4n) is 5.53. The number of benzene rings is 1. The molecule has 0 saturated heterocycles. The molecule has 6 heteroatoms. The van der Waals surface area contributed by atoms with Crippen LogP contribution in [0, 0.1) is 23.7 Å². The van der Waals surface area contributed by atoms with Gasteiger partial charge < -0.3 is 16.4 Å². The number of hydrogen-bond acceptors (Lipinski definition) is 3. The van der Waals surface area contributed by atoms with E-state index in [4.69, 9.17) is 5.73 Å². The third kappa shape index (κ3) is 5.32. The number of fused-ring (bicyclic) bond motifs is 2. The highest BCUT2D eigenvalue weighted by Crippen LogP contribution is 2.42. The second-order valence-electron chi connectivity index (χ2n) is 9.09. The van der Waals surface area contributed by atoms with E-state index in [-0.39, 0.29) is 42.1 Å². The van der Waals surface area contributed by atoms with E-state index < -0.39 is 0 Å². The molecule has 2 bridgehead atoms. The lowest BCUT2D eigenvalue weighted by atomic mass is 9.65. The van der Waals surface area contributed by atoms with Gasteiger partial charge in [-0.2, -0.15) is 0 Å². The van der Waals surface area contributed by atoms with Crippen molar-refractivity contribution < 1.29 is 9.59 Å².